The van der Waals surface area contributed by atoms with Crippen molar-refractivity contribution in [3.8, 4) is 11.4 Å². The van der Waals surface area contributed by atoms with E-state index < -0.39 is 11.8 Å². The van der Waals surface area contributed by atoms with E-state index in [0.29, 0.717) is 11.4 Å². The van der Waals surface area contributed by atoms with E-state index in [1.807, 2.05) is 54.9 Å². The molecular formula is C24H21N3O3S. The van der Waals surface area contributed by atoms with Crippen LogP contribution in [0, 0.1) is 13.8 Å². The van der Waals surface area contributed by atoms with Crippen molar-refractivity contribution in [2.75, 3.05) is 12.0 Å². The lowest BCUT2D eigenvalue weighted by molar-refractivity contribution is -0.122. The van der Waals surface area contributed by atoms with Crippen molar-refractivity contribution in [2.45, 2.75) is 13.8 Å². The highest BCUT2D eigenvalue weighted by Crippen LogP contribution is 2.25. The molecule has 2 amide bonds. The quantitative estimate of drug-likeness (QED) is 0.386. The Morgan fingerprint density at radius 3 is 2.26 bits per heavy atom. The number of hydrogen-bond donors (Lipinski definition) is 1. The first-order valence-corrected chi connectivity index (χ1v) is 10.1. The molecule has 0 radical (unpaired) electrons. The van der Waals surface area contributed by atoms with Gasteiger partial charge in [0.25, 0.3) is 11.8 Å². The molecule has 0 bridgehead atoms. The van der Waals surface area contributed by atoms with E-state index in [-0.39, 0.29) is 10.7 Å². The molecular weight excluding hydrogens is 410 g/mol. The topological polar surface area (TPSA) is 63.6 Å². The van der Waals surface area contributed by atoms with Crippen LogP contribution >= 0.6 is 12.2 Å². The van der Waals surface area contributed by atoms with Gasteiger partial charge in [-0.15, -0.1) is 0 Å². The summed E-state index contributed by atoms with van der Waals surface area (Å²) in [7, 11) is 1.57. The minimum atomic E-state index is -0.513. The average Bonchev–Trinajstić information content (AvgIpc) is 3.12. The Kier molecular flexibility index (Phi) is 5.44. The molecule has 31 heavy (non-hydrogen) atoms. The minimum Gasteiger partial charge on any atom is -0.497 e. The SMILES string of the molecule is COc1ccc(N2C(=O)/C(=C/c3cc(C)n(-c4ccc(C)cc4)c3)C(=O)NC2=S)cc1. The van der Waals surface area contributed by atoms with Gasteiger partial charge in [-0.2, -0.15) is 0 Å². The third-order valence-electron chi connectivity index (χ3n) is 5.09. The molecule has 1 saturated heterocycles. The zero-order valence-electron chi connectivity index (χ0n) is 17.4. The van der Waals surface area contributed by atoms with E-state index in [4.69, 9.17) is 17.0 Å². The first kappa shape index (κ1) is 20.6. The van der Waals surface area contributed by atoms with Crippen LogP contribution in [0.5, 0.6) is 5.75 Å². The van der Waals surface area contributed by atoms with Crippen molar-refractivity contribution >= 4 is 40.9 Å². The Bertz CT molecular complexity index is 1210. The summed E-state index contributed by atoms with van der Waals surface area (Å²) in [6, 6.07) is 17.0. The number of amides is 2. The maximum absolute atomic E-state index is 13.2. The van der Waals surface area contributed by atoms with Gasteiger partial charge in [0.2, 0.25) is 0 Å². The molecule has 0 spiro atoms. The fraction of sp³-hybridized carbons (Fsp3) is 0.125. The van der Waals surface area contributed by atoms with Crippen LogP contribution in [0.15, 0.2) is 66.4 Å². The van der Waals surface area contributed by atoms with E-state index in [9.17, 15) is 9.59 Å². The molecule has 3 aromatic rings. The van der Waals surface area contributed by atoms with E-state index in [1.54, 1.807) is 37.5 Å². The van der Waals surface area contributed by atoms with E-state index >= 15 is 0 Å². The number of aryl methyl sites for hydroxylation is 2. The summed E-state index contributed by atoms with van der Waals surface area (Å²) in [6.45, 7) is 4.01. The first-order valence-electron chi connectivity index (χ1n) is 9.69. The Labute approximate surface area is 185 Å². The molecule has 2 heterocycles. The van der Waals surface area contributed by atoms with E-state index in [0.717, 1.165) is 16.9 Å². The molecule has 1 aliphatic rings. The number of nitrogens with one attached hydrogen (secondary N) is 1. The molecule has 1 aliphatic heterocycles. The monoisotopic (exact) mass is 431 g/mol. The number of carbonyl (C=O) groups is 2. The third-order valence-corrected chi connectivity index (χ3v) is 5.37. The normalized spacial score (nSPS) is 15.4. The second kappa shape index (κ2) is 8.20. The van der Waals surface area contributed by atoms with Crippen molar-refractivity contribution in [1.29, 1.82) is 0 Å². The Morgan fingerprint density at radius 2 is 1.61 bits per heavy atom. The molecule has 1 aromatic heterocycles. The van der Waals surface area contributed by atoms with Crippen molar-refractivity contribution in [3.05, 3.63) is 83.2 Å². The zero-order valence-corrected chi connectivity index (χ0v) is 18.2. The molecule has 4 rings (SSSR count). The molecule has 1 N–H and O–H groups in total. The molecule has 156 valence electrons. The van der Waals surface area contributed by atoms with Gasteiger partial charge in [0.05, 0.1) is 12.8 Å². The number of nitrogens with zero attached hydrogens (tertiary/aromatic N) is 2. The summed E-state index contributed by atoms with van der Waals surface area (Å²) in [6.07, 6.45) is 3.49. The van der Waals surface area contributed by atoms with Crippen LogP contribution in [0.3, 0.4) is 0 Å². The lowest BCUT2D eigenvalue weighted by Gasteiger charge is -2.28. The van der Waals surface area contributed by atoms with Crippen molar-refractivity contribution in [1.82, 2.24) is 9.88 Å². The van der Waals surface area contributed by atoms with Crippen molar-refractivity contribution < 1.29 is 14.3 Å². The summed E-state index contributed by atoms with van der Waals surface area (Å²) in [5.41, 5.74) is 4.49. The van der Waals surface area contributed by atoms with Crippen LogP contribution in [0.4, 0.5) is 5.69 Å². The second-order valence-corrected chi connectivity index (χ2v) is 7.66. The molecule has 2 aromatic carbocycles. The van der Waals surface area contributed by atoms with Gasteiger partial charge in [0.15, 0.2) is 5.11 Å². The van der Waals surface area contributed by atoms with Gasteiger partial charge in [-0.25, -0.2) is 0 Å². The van der Waals surface area contributed by atoms with Gasteiger partial charge in [0.1, 0.15) is 11.3 Å². The molecule has 7 heteroatoms. The Hall–Kier alpha value is -3.71. The first-order chi connectivity index (χ1) is 14.9. The van der Waals surface area contributed by atoms with Gasteiger partial charge in [-0.05, 0) is 80.2 Å². The van der Waals surface area contributed by atoms with E-state index in [1.165, 1.54) is 10.5 Å². The fourth-order valence-corrected chi connectivity index (χ4v) is 3.73. The number of rotatable bonds is 4. The second-order valence-electron chi connectivity index (χ2n) is 7.28. The maximum atomic E-state index is 13.2. The zero-order chi connectivity index (χ0) is 22.1. The molecule has 0 unspecified atom stereocenters. The summed E-state index contributed by atoms with van der Waals surface area (Å²) in [5, 5.41) is 2.65. The van der Waals surface area contributed by atoms with Gasteiger partial charge in [-0.3, -0.25) is 19.8 Å². The van der Waals surface area contributed by atoms with Crippen LogP contribution in [-0.2, 0) is 9.59 Å². The Balaban J connectivity index is 1.68. The summed E-state index contributed by atoms with van der Waals surface area (Å²) >= 11 is 5.25. The smallest absolute Gasteiger partial charge is 0.270 e. The highest BCUT2D eigenvalue weighted by molar-refractivity contribution is 7.80. The molecule has 0 saturated carbocycles. The largest absolute Gasteiger partial charge is 0.497 e. The number of anilines is 1. The molecule has 6 nitrogen and oxygen atoms in total. The predicted octanol–water partition coefficient (Wildman–Crippen LogP) is 3.93. The van der Waals surface area contributed by atoms with Crippen LogP contribution in [0.1, 0.15) is 16.8 Å². The van der Waals surface area contributed by atoms with Gasteiger partial charge in [0, 0.05) is 17.6 Å². The number of hydrogen-bond acceptors (Lipinski definition) is 4. The van der Waals surface area contributed by atoms with Crippen LogP contribution in [-0.4, -0.2) is 28.6 Å². The lowest BCUT2D eigenvalue weighted by atomic mass is 10.1. The van der Waals surface area contributed by atoms with Gasteiger partial charge >= 0.3 is 0 Å². The van der Waals surface area contributed by atoms with Crippen molar-refractivity contribution in [3.63, 3.8) is 0 Å². The number of thiocarbonyl (C=S) groups is 1. The van der Waals surface area contributed by atoms with Crippen LogP contribution in [0.25, 0.3) is 11.8 Å². The number of aromatic nitrogens is 1. The molecule has 1 fully saturated rings. The molecule has 0 aliphatic carbocycles. The standard InChI is InChI=1S/C24H21N3O3S/c1-15-4-6-18(7-5-15)26-14-17(12-16(26)2)13-21-22(28)25-24(31)27(23(21)29)19-8-10-20(30-3)11-9-19/h4-14H,1-3H3,(H,25,28,31)/b21-13+. The number of benzene rings is 2. The predicted molar refractivity (Wildman–Crippen MR) is 124 cm³/mol. The van der Waals surface area contributed by atoms with Crippen LogP contribution in [0.2, 0.25) is 0 Å². The highest BCUT2D eigenvalue weighted by Gasteiger charge is 2.34. The fourth-order valence-electron chi connectivity index (χ4n) is 3.45. The van der Waals surface area contributed by atoms with Gasteiger partial charge < -0.3 is 9.30 Å². The number of ether oxygens (including phenoxy) is 1. The summed E-state index contributed by atoms with van der Waals surface area (Å²) in [4.78, 5) is 27.0. The van der Waals surface area contributed by atoms with Gasteiger partial charge in [-0.1, -0.05) is 17.7 Å². The number of methoxy groups -OCH3 is 1. The maximum Gasteiger partial charge on any atom is 0.270 e. The Morgan fingerprint density at radius 1 is 0.968 bits per heavy atom. The van der Waals surface area contributed by atoms with Crippen molar-refractivity contribution in [2.24, 2.45) is 0 Å². The van der Waals surface area contributed by atoms with Crippen LogP contribution < -0.4 is 15.0 Å². The lowest BCUT2D eigenvalue weighted by Crippen LogP contribution is -2.54. The number of carbonyl (C=O) groups excluding carboxylic acids is 2. The van der Waals surface area contributed by atoms with E-state index in [2.05, 4.69) is 5.32 Å². The average molecular weight is 432 g/mol. The third kappa shape index (κ3) is 4.00. The minimum absolute atomic E-state index is 0.0190. The highest BCUT2D eigenvalue weighted by atomic mass is 32.1. The summed E-state index contributed by atoms with van der Waals surface area (Å²) in [5.74, 6) is -0.327. The summed E-state index contributed by atoms with van der Waals surface area (Å²) < 4.78 is 7.18. The molecule has 0 atom stereocenters.